The molecule has 1 aliphatic heterocycles. The molecule has 1 heterocycles. The molecule has 2 amide bonds. The maximum Gasteiger partial charge on any atom is 0.586 e. The molecular weight excluding hydrogens is 418 g/mol. The van der Waals surface area contributed by atoms with E-state index in [4.69, 9.17) is 5.73 Å². The van der Waals surface area contributed by atoms with Crippen LogP contribution in [0.15, 0.2) is 66.7 Å². The molecule has 6 nitrogen and oxygen atoms in total. The highest BCUT2D eigenvalue weighted by atomic mass is 19.3. The third kappa shape index (κ3) is 3.53. The number of carbonyl (C=O) groups is 2. The summed E-state index contributed by atoms with van der Waals surface area (Å²) in [5.41, 5.74) is 9.52. The minimum absolute atomic E-state index is 0.0548. The lowest BCUT2D eigenvalue weighted by Gasteiger charge is -2.17. The highest BCUT2D eigenvalue weighted by Crippen LogP contribution is 2.52. The second-order valence-electron chi connectivity index (χ2n) is 7.85. The molecule has 32 heavy (non-hydrogen) atoms. The number of alkyl halides is 2. The van der Waals surface area contributed by atoms with Crippen molar-refractivity contribution in [2.45, 2.75) is 24.6 Å². The molecular formula is C24H17F2N2O4. The van der Waals surface area contributed by atoms with Crippen LogP contribution in [0, 0.1) is 0 Å². The average molecular weight is 435 g/mol. The number of halogens is 2. The highest BCUT2D eigenvalue weighted by molar-refractivity contribution is 6.02. The number of rotatable bonds is 5. The summed E-state index contributed by atoms with van der Waals surface area (Å²) in [6.07, 6.45) is -2.51. The molecule has 2 aliphatic rings. The molecule has 2 N–H and O–H groups in total. The van der Waals surface area contributed by atoms with Gasteiger partial charge in [0.2, 0.25) is 5.91 Å². The van der Waals surface area contributed by atoms with Gasteiger partial charge < -0.3 is 14.8 Å². The molecule has 1 radical (unpaired) electrons. The van der Waals surface area contributed by atoms with Crippen LogP contribution < -0.4 is 20.5 Å². The molecule has 0 atom stereocenters. The summed E-state index contributed by atoms with van der Waals surface area (Å²) in [6.45, 7) is 0. The van der Waals surface area contributed by atoms with Crippen molar-refractivity contribution in [2.24, 2.45) is 0 Å². The molecule has 8 heteroatoms. The van der Waals surface area contributed by atoms with Crippen LogP contribution in [0.25, 0.3) is 11.1 Å². The summed E-state index contributed by atoms with van der Waals surface area (Å²) in [7, 11) is 0. The number of nitrogens with one attached hydrogen (secondary N) is 2. The van der Waals surface area contributed by atoms with Crippen LogP contribution in [0.2, 0.25) is 0 Å². The van der Waals surface area contributed by atoms with E-state index in [9.17, 15) is 18.4 Å². The van der Waals surface area contributed by atoms with Gasteiger partial charge in [0.1, 0.15) is 0 Å². The van der Waals surface area contributed by atoms with Crippen molar-refractivity contribution >= 4 is 17.5 Å². The van der Waals surface area contributed by atoms with Crippen LogP contribution in [0.1, 0.15) is 28.8 Å². The first-order valence-corrected chi connectivity index (χ1v) is 9.94. The second kappa shape index (κ2) is 7.05. The fourth-order valence-corrected chi connectivity index (χ4v) is 3.86. The van der Waals surface area contributed by atoms with E-state index in [1.54, 1.807) is 42.5 Å². The number of anilines is 1. The zero-order valence-corrected chi connectivity index (χ0v) is 16.7. The quantitative estimate of drug-likeness (QED) is 0.625. The SMILES string of the molecule is [NH]C(=O)c1ccc(-c2cccc(NC(=O)C3(c4ccc5c(c4)OC(F)(F)O5)CC3)c2)cc1. The van der Waals surface area contributed by atoms with Crippen LogP contribution in [0.3, 0.4) is 0 Å². The molecule has 0 saturated heterocycles. The Hall–Kier alpha value is -3.94. The van der Waals surface area contributed by atoms with Crippen molar-refractivity contribution in [1.82, 2.24) is 5.73 Å². The predicted molar refractivity (Wildman–Crippen MR) is 111 cm³/mol. The van der Waals surface area contributed by atoms with Gasteiger partial charge in [-0.2, -0.15) is 0 Å². The lowest BCUT2D eigenvalue weighted by atomic mass is 9.94. The first-order chi connectivity index (χ1) is 15.3. The fourth-order valence-electron chi connectivity index (χ4n) is 3.86. The molecule has 0 unspecified atom stereocenters. The molecule has 1 fully saturated rings. The molecule has 1 aliphatic carbocycles. The van der Waals surface area contributed by atoms with Gasteiger partial charge in [-0.15, -0.1) is 8.78 Å². The van der Waals surface area contributed by atoms with Gasteiger partial charge in [0.15, 0.2) is 11.5 Å². The summed E-state index contributed by atoms with van der Waals surface area (Å²) in [5.74, 6) is -1.11. The number of fused-ring (bicyclic) bond motifs is 1. The molecule has 1 saturated carbocycles. The molecule has 0 aromatic heterocycles. The Morgan fingerprint density at radius 1 is 0.875 bits per heavy atom. The van der Waals surface area contributed by atoms with Crippen LogP contribution >= 0.6 is 0 Å². The van der Waals surface area contributed by atoms with Crippen molar-refractivity contribution < 1.29 is 27.8 Å². The number of hydrogen-bond donors (Lipinski definition) is 1. The first-order valence-electron chi connectivity index (χ1n) is 9.94. The van der Waals surface area contributed by atoms with Gasteiger partial charge in [-0.05, 0) is 65.9 Å². The van der Waals surface area contributed by atoms with Crippen molar-refractivity contribution in [3.8, 4) is 22.6 Å². The van der Waals surface area contributed by atoms with E-state index in [1.807, 2.05) is 12.1 Å². The molecule has 3 aromatic carbocycles. The Morgan fingerprint density at radius 3 is 2.28 bits per heavy atom. The monoisotopic (exact) mass is 435 g/mol. The Morgan fingerprint density at radius 2 is 1.59 bits per heavy atom. The third-order valence-corrected chi connectivity index (χ3v) is 5.74. The van der Waals surface area contributed by atoms with E-state index in [0.29, 0.717) is 29.7 Å². The zero-order chi connectivity index (χ0) is 22.5. The van der Waals surface area contributed by atoms with E-state index in [-0.39, 0.29) is 17.4 Å². The Labute approximate surface area is 181 Å². The zero-order valence-electron chi connectivity index (χ0n) is 16.7. The van der Waals surface area contributed by atoms with Crippen molar-refractivity contribution in [3.63, 3.8) is 0 Å². The van der Waals surface area contributed by atoms with Gasteiger partial charge in [-0.25, -0.2) is 0 Å². The van der Waals surface area contributed by atoms with Crippen LogP contribution in [-0.4, -0.2) is 18.1 Å². The van der Waals surface area contributed by atoms with Gasteiger partial charge in [0.05, 0.1) is 5.41 Å². The van der Waals surface area contributed by atoms with E-state index < -0.39 is 17.6 Å². The van der Waals surface area contributed by atoms with Gasteiger partial charge in [0.25, 0.3) is 5.91 Å². The van der Waals surface area contributed by atoms with Crippen molar-refractivity contribution in [2.75, 3.05) is 5.32 Å². The fraction of sp³-hybridized carbons (Fsp3) is 0.167. The lowest BCUT2D eigenvalue weighted by Crippen LogP contribution is -2.27. The molecule has 5 rings (SSSR count). The number of carbonyl (C=O) groups excluding carboxylic acids is 2. The second-order valence-corrected chi connectivity index (χ2v) is 7.85. The van der Waals surface area contributed by atoms with E-state index in [0.717, 1.165) is 11.1 Å². The minimum atomic E-state index is -3.70. The molecule has 0 bridgehead atoms. The van der Waals surface area contributed by atoms with E-state index >= 15 is 0 Å². The van der Waals surface area contributed by atoms with E-state index in [2.05, 4.69) is 14.8 Å². The van der Waals surface area contributed by atoms with Crippen LogP contribution in [-0.2, 0) is 10.2 Å². The summed E-state index contributed by atoms with van der Waals surface area (Å²) in [5, 5.41) is 2.92. The van der Waals surface area contributed by atoms with Gasteiger partial charge in [-0.3, -0.25) is 15.3 Å². The summed E-state index contributed by atoms with van der Waals surface area (Å²) >= 11 is 0. The third-order valence-electron chi connectivity index (χ3n) is 5.74. The van der Waals surface area contributed by atoms with Gasteiger partial charge in [-0.1, -0.05) is 30.3 Å². The Kier molecular flexibility index (Phi) is 4.40. The molecule has 0 spiro atoms. The topological polar surface area (TPSA) is 88.4 Å². The molecule has 3 aromatic rings. The number of benzene rings is 3. The number of ether oxygens (including phenoxy) is 2. The van der Waals surface area contributed by atoms with Crippen molar-refractivity contribution in [1.29, 1.82) is 0 Å². The van der Waals surface area contributed by atoms with Gasteiger partial charge in [0, 0.05) is 11.3 Å². The van der Waals surface area contributed by atoms with Crippen LogP contribution in [0.4, 0.5) is 14.5 Å². The maximum absolute atomic E-state index is 13.3. The Bertz CT molecular complexity index is 1240. The van der Waals surface area contributed by atoms with Crippen LogP contribution in [0.5, 0.6) is 11.5 Å². The lowest BCUT2D eigenvalue weighted by molar-refractivity contribution is -0.286. The first kappa shape index (κ1) is 20.0. The number of hydrogen-bond acceptors (Lipinski definition) is 4. The summed E-state index contributed by atoms with van der Waals surface area (Å²) < 4.78 is 35.6. The predicted octanol–water partition coefficient (Wildman–Crippen LogP) is 4.77. The highest BCUT2D eigenvalue weighted by Gasteiger charge is 2.52. The largest absolute Gasteiger partial charge is 0.586 e. The number of amides is 2. The Balaban J connectivity index is 1.36. The minimum Gasteiger partial charge on any atom is -0.395 e. The average Bonchev–Trinajstić information content (AvgIpc) is 3.51. The standard InChI is InChI=1S/C24H17F2N2O4/c25-24(26)31-19-9-8-17(13-20(19)32-24)23(10-11-23)22(30)28-18-3-1-2-16(12-18)14-4-6-15(7-5-14)21(27)29/h1-9,12-13,27H,10-11H2,(H,28,30). The smallest absolute Gasteiger partial charge is 0.395 e. The normalized spacial score (nSPS) is 16.9. The van der Waals surface area contributed by atoms with Gasteiger partial charge >= 0.3 is 6.29 Å². The summed E-state index contributed by atoms with van der Waals surface area (Å²) in [4.78, 5) is 24.2. The summed E-state index contributed by atoms with van der Waals surface area (Å²) in [6, 6.07) is 18.3. The maximum atomic E-state index is 13.3. The molecule has 161 valence electrons. The van der Waals surface area contributed by atoms with Crippen molar-refractivity contribution in [3.05, 3.63) is 77.9 Å². The van der Waals surface area contributed by atoms with E-state index in [1.165, 1.54) is 12.1 Å².